The predicted octanol–water partition coefficient (Wildman–Crippen LogP) is 1.27. The van der Waals surface area contributed by atoms with Crippen molar-refractivity contribution in [3.05, 3.63) is 21.4 Å². The van der Waals surface area contributed by atoms with E-state index in [9.17, 15) is 0 Å². The van der Waals surface area contributed by atoms with Crippen molar-refractivity contribution in [2.45, 2.75) is 13.0 Å². The number of nitrogens with zero attached hydrogens (tertiary/aromatic N) is 1. The molecule has 2 heterocycles. The Bertz CT molecular complexity index is 285. The Morgan fingerprint density at radius 3 is 3.27 bits per heavy atom. The zero-order valence-corrected chi connectivity index (χ0v) is 6.87. The highest BCUT2D eigenvalue weighted by Crippen LogP contribution is 2.24. The standard InChI is InChI=1S/C8H8N2S/c9-4-7-3-6-1-2-10-5-8(6)11-7/h3,10H,1-2,5H2. The number of hydrogen-bond acceptors (Lipinski definition) is 3. The largest absolute Gasteiger partial charge is 0.312 e. The van der Waals surface area contributed by atoms with E-state index in [0.29, 0.717) is 0 Å². The zero-order valence-electron chi connectivity index (χ0n) is 6.05. The first-order valence-electron chi connectivity index (χ1n) is 3.62. The highest BCUT2D eigenvalue weighted by atomic mass is 32.1. The van der Waals surface area contributed by atoms with Gasteiger partial charge in [-0.1, -0.05) is 0 Å². The van der Waals surface area contributed by atoms with Gasteiger partial charge >= 0.3 is 0 Å². The summed E-state index contributed by atoms with van der Waals surface area (Å²) in [7, 11) is 0. The fourth-order valence-electron chi connectivity index (χ4n) is 1.31. The minimum atomic E-state index is 0.846. The molecule has 1 N–H and O–H groups in total. The maximum atomic E-state index is 8.63. The fraction of sp³-hybridized carbons (Fsp3) is 0.375. The van der Waals surface area contributed by atoms with Crippen molar-refractivity contribution in [1.29, 1.82) is 5.26 Å². The van der Waals surface area contributed by atoms with Crippen molar-refractivity contribution in [3.8, 4) is 6.07 Å². The van der Waals surface area contributed by atoms with Gasteiger partial charge in [0.05, 0.1) is 0 Å². The number of thiophene rings is 1. The van der Waals surface area contributed by atoms with Gasteiger partial charge in [-0.2, -0.15) is 5.26 Å². The fourth-order valence-corrected chi connectivity index (χ4v) is 2.29. The lowest BCUT2D eigenvalue weighted by molar-refractivity contribution is 0.654. The van der Waals surface area contributed by atoms with Crippen LogP contribution in [0.5, 0.6) is 0 Å². The number of fused-ring (bicyclic) bond motifs is 1. The maximum Gasteiger partial charge on any atom is 0.110 e. The van der Waals surface area contributed by atoms with Gasteiger partial charge in [0.1, 0.15) is 10.9 Å². The third-order valence-corrected chi connectivity index (χ3v) is 2.95. The van der Waals surface area contributed by atoms with Gasteiger partial charge in [-0.25, -0.2) is 0 Å². The molecule has 0 atom stereocenters. The van der Waals surface area contributed by atoms with E-state index >= 15 is 0 Å². The molecule has 0 spiro atoms. The van der Waals surface area contributed by atoms with Crippen LogP contribution in [0.25, 0.3) is 0 Å². The zero-order chi connectivity index (χ0) is 7.68. The Hall–Kier alpha value is -0.850. The van der Waals surface area contributed by atoms with Gasteiger partial charge < -0.3 is 5.32 Å². The van der Waals surface area contributed by atoms with Crippen LogP contribution < -0.4 is 5.32 Å². The van der Waals surface area contributed by atoms with Crippen LogP contribution in [-0.2, 0) is 13.0 Å². The summed E-state index contributed by atoms with van der Waals surface area (Å²) in [5.41, 5.74) is 1.37. The van der Waals surface area contributed by atoms with E-state index in [2.05, 4.69) is 11.4 Å². The third-order valence-electron chi connectivity index (χ3n) is 1.86. The van der Waals surface area contributed by atoms with Crippen molar-refractivity contribution in [2.75, 3.05) is 6.54 Å². The molecule has 1 aliphatic heterocycles. The van der Waals surface area contributed by atoms with E-state index in [-0.39, 0.29) is 0 Å². The first-order valence-corrected chi connectivity index (χ1v) is 4.44. The van der Waals surface area contributed by atoms with Gasteiger partial charge in [-0.15, -0.1) is 11.3 Å². The molecule has 0 saturated carbocycles. The number of nitrogens with one attached hydrogen (secondary N) is 1. The average Bonchev–Trinajstić information content (AvgIpc) is 2.46. The molecule has 0 amide bonds. The van der Waals surface area contributed by atoms with Crippen molar-refractivity contribution in [3.63, 3.8) is 0 Å². The van der Waals surface area contributed by atoms with Crippen LogP contribution in [0.1, 0.15) is 15.3 Å². The molecule has 0 aliphatic carbocycles. The molecule has 0 aromatic carbocycles. The molecule has 0 radical (unpaired) electrons. The first kappa shape index (κ1) is 6.84. The van der Waals surface area contributed by atoms with Crippen LogP contribution in [0, 0.1) is 11.3 Å². The second kappa shape index (κ2) is 2.65. The molecule has 11 heavy (non-hydrogen) atoms. The van der Waals surface area contributed by atoms with E-state index in [0.717, 1.165) is 24.4 Å². The molecule has 0 unspecified atom stereocenters. The second-order valence-corrected chi connectivity index (χ2v) is 3.73. The van der Waals surface area contributed by atoms with Crippen LogP contribution in [0.2, 0.25) is 0 Å². The topological polar surface area (TPSA) is 35.8 Å². The van der Waals surface area contributed by atoms with E-state index in [1.165, 1.54) is 10.4 Å². The van der Waals surface area contributed by atoms with E-state index in [1.54, 1.807) is 11.3 Å². The smallest absolute Gasteiger partial charge is 0.110 e. The third kappa shape index (κ3) is 1.15. The van der Waals surface area contributed by atoms with Gasteiger partial charge in [-0.3, -0.25) is 0 Å². The molecular weight excluding hydrogens is 156 g/mol. The lowest BCUT2D eigenvalue weighted by Crippen LogP contribution is -2.21. The summed E-state index contributed by atoms with van der Waals surface area (Å²) in [4.78, 5) is 2.19. The monoisotopic (exact) mass is 164 g/mol. The summed E-state index contributed by atoms with van der Waals surface area (Å²) in [6.07, 6.45) is 1.08. The van der Waals surface area contributed by atoms with Crippen LogP contribution in [0.4, 0.5) is 0 Å². The molecule has 0 saturated heterocycles. The van der Waals surface area contributed by atoms with Crippen LogP contribution in [0.15, 0.2) is 6.07 Å². The molecule has 1 aliphatic rings. The van der Waals surface area contributed by atoms with E-state index in [4.69, 9.17) is 5.26 Å². The molecule has 56 valence electrons. The molecule has 1 aromatic rings. The van der Waals surface area contributed by atoms with Gasteiger partial charge in [-0.05, 0) is 24.6 Å². The Labute approximate surface area is 69.5 Å². The summed E-state index contributed by atoms with van der Waals surface area (Å²) in [6.45, 7) is 2.00. The highest BCUT2D eigenvalue weighted by Gasteiger charge is 2.11. The summed E-state index contributed by atoms with van der Waals surface area (Å²) in [5.74, 6) is 0. The number of nitriles is 1. The predicted molar refractivity (Wildman–Crippen MR) is 44.4 cm³/mol. The van der Waals surface area contributed by atoms with Crippen molar-refractivity contribution >= 4 is 11.3 Å². The minimum Gasteiger partial charge on any atom is -0.312 e. The molecular formula is C8H8N2S. The van der Waals surface area contributed by atoms with E-state index < -0.39 is 0 Å². The highest BCUT2D eigenvalue weighted by molar-refractivity contribution is 7.12. The Balaban J connectivity index is 2.42. The number of rotatable bonds is 0. The minimum absolute atomic E-state index is 0.846. The lowest BCUT2D eigenvalue weighted by Gasteiger charge is -2.10. The van der Waals surface area contributed by atoms with Crippen molar-refractivity contribution in [1.82, 2.24) is 5.32 Å². The quantitative estimate of drug-likeness (QED) is 0.626. The molecule has 2 rings (SSSR count). The lowest BCUT2D eigenvalue weighted by atomic mass is 10.1. The van der Waals surface area contributed by atoms with E-state index in [1.807, 2.05) is 6.07 Å². The van der Waals surface area contributed by atoms with Gasteiger partial charge in [0.2, 0.25) is 0 Å². The summed E-state index contributed by atoms with van der Waals surface area (Å²) < 4.78 is 0. The molecule has 3 heteroatoms. The summed E-state index contributed by atoms with van der Waals surface area (Å²) >= 11 is 1.61. The average molecular weight is 164 g/mol. The Kier molecular flexibility index (Phi) is 1.65. The molecule has 0 bridgehead atoms. The van der Waals surface area contributed by atoms with Crippen LogP contribution >= 0.6 is 11.3 Å². The number of hydrogen-bond donors (Lipinski definition) is 1. The first-order chi connectivity index (χ1) is 5.40. The maximum absolute atomic E-state index is 8.63. The van der Waals surface area contributed by atoms with Crippen LogP contribution in [0.3, 0.4) is 0 Å². The van der Waals surface area contributed by atoms with Gasteiger partial charge in [0, 0.05) is 11.4 Å². The summed E-state index contributed by atoms with van der Waals surface area (Å²) in [5, 5.41) is 11.9. The second-order valence-electron chi connectivity index (χ2n) is 2.60. The molecule has 2 nitrogen and oxygen atoms in total. The van der Waals surface area contributed by atoms with Crippen molar-refractivity contribution < 1.29 is 0 Å². The van der Waals surface area contributed by atoms with Gasteiger partial charge in [0.25, 0.3) is 0 Å². The molecule has 1 aromatic heterocycles. The van der Waals surface area contributed by atoms with Crippen molar-refractivity contribution in [2.24, 2.45) is 0 Å². The Morgan fingerprint density at radius 2 is 2.55 bits per heavy atom. The SMILES string of the molecule is N#Cc1cc2c(s1)CNCC2. The normalized spacial score (nSPS) is 15.5. The van der Waals surface area contributed by atoms with Crippen LogP contribution in [-0.4, -0.2) is 6.54 Å². The summed E-state index contributed by atoms with van der Waals surface area (Å²) in [6, 6.07) is 4.19. The Morgan fingerprint density at radius 1 is 1.64 bits per heavy atom. The molecule has 0 fully saturated rings. The van der Waals surface area contributed by atoms with Gasteiger partial charge in [0.15, 0.2) is 0 Å².